The lowest BCUT2D eigenvalue weighted by Crippen LogP contribution is -2.07. The van der Waals surface area contributed by atoms with E-state index in [1.54, 1.807) is 36.4 Å². The Bertz CT molecular complexity index is 922. The van der Waals surface area contributed by atoms with Crippen molar-refractivity contribution in [1.82, 2.24) is 4.98 Å². The fraction of sp³-hybridized carbons (Fsp3) is 0.111. The number of carbonyl (C=O) groups excluding carboxylic acids is 1. The van der Waals surface area contributed by atoms with Gasteiger partial charge in [-0.3, -0.25) is 4.98 Å². The summed E-state index contributed by atoms with van der Waals surface area (Å²) in [6, 6.07) is 11.9. The Morgan fingerprint density at radius 2 is 1.80 bits per heavy atom. The molecule has 0 unspecified atom stereocenters. The summed E-state index contributed by atoms with van der Waals surface area (Å²) in [6.07, 6.45) is -3.16. The van der Waals surface area contributed by atoms with Crippen molar-refractivity contribution >= 4 is 28.2 Å². The Kier molecular flexibility index (Phi) is 4.31. The van der Waals surface area contributed by atoms with Gasteiger partial charge in [0.15, 0.2) is 0 Å². The number of nitrogens with zero attached hydrogens (tertiary/aromatic N) is 1. The number of para-hydroxylation sites is 1. The summed E-state index contributed by atoms with van der Waals surface area (Å²) in [4.78, 5) is 15.3. The van der Waals surface area contributed by atoms with Crippen molar-refractivity contribution in [2.45, 2.75) is 6.18 Å². The van der Waals surface area contributed by atoms with E-state index in [-0.39, 0.29) is 5.52 Å². The molecule has 0 radical (unpaired) electrons. The molecule has 4 nitrogen and oxygen atoms in total. The number of carbonyl (C=O) groups is 1. The topological polar surface area (TPSA) is 51.2 Å². The van der Waals surface area contributed by atoms with Gasteiger partial charge in [-0.05, 0) is 36.4 Å². The number of aromatic nitrogens is 1. The minimum Gasteiger partial charge on any atom is -0.465 e. The van der Waals surface area contributed by atoms with E-state index in [1.165, 1.54) is 19.4 Å². The Morgan fingerprint density at radius 3 is 2.44 bits per heavy atom. The Hall–Kier alpha value is -3.09. The average Bonchev–Trinajstić information content (AvgIpc) is 2.60. The van der Waals surface area contributed by atoms with Crippen LogP contribution in [0.1, 0.15) is 15.9 Å². The van der Waals surface area contributed by atoms with Crippen molar-refractivity contribution in [3.05, 3.63) is 65.9 Å². The molecule has 2 aromatic carbocycles. The molecule has 1 aromatic heterocycles. The van der Waals surface area contributed by atoms with Crippen molar-refractivity contribution in [3.63, 3.8) is 0 Å². The van der Waals surface area contributed by atoms with Crippen LogP contribution in [0.15, 0.2) is 54.7 Å². The maximum absolute atomic E-state index is 13.1. The molecule has 0 amide bonds. The summed E-state index contributed by atoms with van der Waals surface area (Å²) in [7, 11) is 1.29. The quantitative estimate of drug-likeness (QED) is 0.693. The lowest BCUT2D eigenvalue weighted by molar-refractivity contribution is -0.136. The van der Waals surface area contributed by atoms with Gasteiger partial charge in [0.1, 0.15) is 0 Å². The van der Waals surface area contributed by atoms with Crippen LogP contribution in [-0.4, -0.2) is 18.1 Å². The van der Waals surface area contributed by atoms with Crippen molar-refractivity contribution in [3.8, 4) is 0 Å². The number of nitrogens with one attached hydrogen (secondary N) is 1. The van der Waals surface area contributed by atoms with Crippen LogP contribution >= 0.6 is 0 Å². The number of rotatable bonds is 3. The summed E-state index contributed by atoms with van der Waals surface area (Å²) >= 11 is 0. The van der Waals surface area contributed by atoms with Crippen molar-refractivity contribution < 1.29 is 22.7 Å². The molecule has 1 N–H and O–H groups in total. The summed E-state index contributed by atoms with van der Waals surface area (Å²) in [5.41, 5.74) is 0.590. The number of fused-ring (bicyclic) bond motifs is 1. The lowest BCUT2D eigenvalue weighted by Gasteiger charge is -2.13. The first kappa shape index (κ1) is 16.8. The molecule has 0 aliphatic heterocycles. The molecule has 3 aromatic rings. The number of alkyl halides is 3. The standard InChI is InChI=1S/C18H13F3N2O2/c1-25-17(24)11-5-7-12(8-6-11)23-15-9-10-22-16-13(15)3-2-4-14(16)18(19,20)21/h2-10H,1H3,(H,22,23). The van der Waals surface area contributed by atoms with E-state index < -0.39 is 17.7 Å². The zero-order valence-corrected chi connectivity index (χ0v) is 13.1. The molecule has 0 spiro atoms. The molecule has 128 valence electrons. The summed E-state index contributed by atoms with van der Waals surface area (Å²) in [6.45, 7) is 0. The second kappa shape index (κ2) is 6.43. The zero-order valence-electron chi connectivity index (χ0n) is 13.1. The molecule has 0 aliphatic carbocycles. The number of hydrogen-bond acceptors (Lipinski definition) is 4. The minimum absolute atomic E-state index is 0.119. The maximum atomic E-state index is 13.1. The van der Waals surface area contributed by atoms with Gasteiger partial charge >= 0.3 is 12.1 Å². The van der Waals surface area contributed by atoms with Gasteiger partial charge in [-0.25, -0.2) is 4.79 Å². The van der Waals surface area contributed by atoms with Gasteiger partial charge in [0.05, 0.1) is 23.8 Å². The molecule has 0 saturated heterocycles. The first-order chi connectivity index (χ1) is 11.9. The third-order valence-electron chi connectivity index (χ3n) is 3.66. The van der Waals surface area contributed by atoms with Gasteiger partial charge in [0.2, 0.25) is 0 Å². The number of hydrogen-bond donors (Lipinski definition) is 1. The van der Waals surface area contributed by atoms with Gasteiger partial charge in [-0.1, -0.05) is 12.1 Å². The van der Waals surface area contributed by atoms with Crippen LogP contribution in [0, 0.1) is 0 Å². The highest BCUT2D eigenvalue weighted by Crippen LogP contribution is 2.36. The smallest absolute Gasteiger partial charge is 0.418 e. The number of methoxy groups -OCH3 is 1. The van der Waals surface area contributed by atoms with Crippen LogP contribution in [0.25, 0.3) is 10.9 Å². The fourth-order valence-electron chi connectivity index (χ4n) is 2.48. The van der Waals surface area contributed by atoms with E-state index in [9.17, 15) is 18.0 Å². The first-order valence-corrected chi connectivity index (χ1v) is 7.30. The van der Waals surface area contributed by atoms with E-state index in [0.29, 0.717) is 22.3 Å². The van der Waals surface area contributed by atoms with Gasteiger partial charge in [0.25, 0.3) is 0 Å². The summed E-state index contributed by atoms with van der Waals surface area (Å²) in [5, 5.41) is 3.41. The van der Waals surface area contributed by atoms with E-state index in [4.69, 9.17) is 0 Å². The summed E-state index contributed by atoms with van der Waals surface area (Å²) in [5.74, 6) is -0.462. The molecule has 7 heteroatoms. The molecule has 0 saturated carbocycles. The van der Waals surface area contributed by atoms with Crippen LogP contribution in [0.4, 0.5) is 24.5 Å². The number of halogens is 3. The number of ether oxygens (including phenoxy) is 1. The Labute approximate surface area is 141 Å². The predicted molar refractivity (Wildman–Crippen MR) is 87.8 cm³/mol. The van der Waals surface area contributed by atoms with Crippen molar-refractivity contribution in [2.75, 3.05) is 12.4 Å². The van der Waals surface area contributed by atoms with Crippen LogP contribution in [0.2, 0.25) is 0 Å². The molecule has 1 heterocycles. The third kappa shape index (κ3) is 3.40. The second-order valence-corrected chi connectivity index (χ2v) is 5.25. The Morgan fingerprint density at radius 1 is 1.08 bits per heavy atom. The van der Waals surface area contributed by atoms with Crippen molar-refractivity contribution in [2.24, 2.45) is 0 Å². The molecule has 0 bridgehead atoms. The highest BCUT2D eigenvalue weighted by molar-refractivity contribution is 5.95. The van der Waals surface area contributed by atoms with Crippen LogP contribution < -0.4 is 5.32 Å². The average molecular weight is 346 g/mol. The van der Waals surface area contributed by atoms with Gasteiger partial charge in [-0.2, -0.15) is 13.2 Å². The molecule has 0 fully saturated rings. The highest BCUT2D eigenvalue weighted by Gasteiger charge is 2.33. The molecule has 0 aliphatic rings. The molecule has 25 heavy (non-hydrogen) atoms. The van der Waals surface area contributed by atoms with Crippen molar-refractivity contribution in [1.29, 1.82) is 0 Å². The molecule has 0 atom stereocenters. The number of esters is 1. The number of pyridine rings is 1. The van der Waals surface area contributed by atoms with E-state index >= 15 is 0 Å². The van der Waals surface area contributed by atoms with Gasteiger partial charge in [-0.15, -0.1) is 0 Å². The normalized spacial score (nSPS) is 11.4. The maximum Gasteiger partial charge on any atom is 0.418 e. The monoisotopic (exact) mass is 346 g/mol. The van der Waals surface area contributed by atoms with E-state index in [0.717, 1.165) is 6.07 Å². The zero-order chi connectivity index (χ0) is 18.0. The molecular weight excluding hydrogens is 333 g/mol. The summed E-state index contributed by atoms with van der Waals surface area (Å²) < 4.78 is 44.0. The molecular formula is C18H13F3N2O2. The number of benzene rings is 2. The number of anilines is 2. The van der Waals surface area contributed by atoms with Crippen LogP contribution in [0.5, 0.6) is 0 Å². The van der Waals surface area contributed by atoms with E-state index in [2.05, 4.69) is 15.0 Å². The lowest BCUT2D eigenvalue weighted by atomic mass is 10.1. The Balaban J connectivity index is 1.98. The second-order valence-electron chi connectivity index (χ2n) is 5.25. The van der Waals surface area contributed by atoms with Crippen LogP contribution in [-0.2, 0) is 10.9 Å². The third-order valence-corrected chi connectivity index (χ3v) is 3.66. The SMILES string of the molecule is COC(=O)c1ccc(Nc2ccnc3c(C(F)(F)F)cccc23)cc1. The van der Waals surface area contributed by atoms with E-state index in [1.807, 2.05) is 0 Å². The first-order valence-electron chi connectivity index (χ1n) is 7.30. The van der Waals surface area contributed by atoms with Gasteiger partial charge < -0.3 is 10.1 Å². The molecule has 3 rings (SSSR count). The predicted octanol–water partition coefficient (Wildman–Crippen LogP) is 4.78. The largest absolute Gasteiger partial charge is 0.465 e. The minimum atomic E-state index is -4.48. The highest BCUT2D eigenvalue weighted by atomic mass is 19.4. The fourth-order valence-corrected chi connectivity index (χ4v) is 2.48. The van der Waals surface area contributed by atoms with Crippen LogP contribution in [0.3, 0.4) is 0 Å². The van der Waals surface area contributed by atoms with Gasteiger partial charge in [0, 0.05) is 23.0 Å².